The van der Waals surface area contributed by atoms with E-state index < -0.39 is 17.8 Å². The smallest absolute Gasteiger partial charge is 0.409 e. The van der Waals surface area contributed by atoms with Gasteiger partial charge in [-0.25, -0.2) is 9.18 Å². The van der Waals surface area contributed by atoms with Crippen molar-refractivity contribution in [2.45, 2.75) is 32.6 Å². The number of benzene rings is 1. The molecule has 1 aliphatic heterocycles. The molecule has 6 heteroatoms. The quantitative estimate of drug-likeness (QED) is 0.592. The first kappa shape index (κ1) is 17.7. The third-order valence-corrected chi connectivity index (χ3v) is 4.28. The molecule has 1 amide bonds. The number of halogens is 2. The van der Waals surface area contributed by atoms with Gasteiger partial charge < -0.3 is 9.64 Å². The maximum absolute atomic E-state index is 14.0. The van der Waals surface area contributed by atoms with Gasteiger partial charge in [0.05, 0.1) is 17.2 Å². The zero-order valence-electron chi connectivity index (χ0n) is 13.2. The summed E-state index contributed by atoms with van der Waals surface area (Å²) < 4.78 is 19.2. The summed E-state index contributed by atoms with van der Waals surface area (Å²) >= 11 is 5.74. The standard InChI is InChI=1S/C17H21ClFNO3/c1-2-3-10-23-17(22)20-9-5-6-12(11-20)16(21)13-7-4-8-14(18)15(13)19/h4,7-8,12H,2-3,5-6,9-11H2,1H3. The summed E-state index contributed by atoms with van der Waals surface area (Å²) in [4.78, 5) is 26.1. The molecule has 1 saturated heterocycles. The van der Waals surface area contributed by atoms with E-state index in [4.69, 9.17) is 16.3 Å². The van der Waals surface area contributed by atoms with E-state index in [0.29, 0.717) is 26.0 Å². The molecule has 1 aliphatic rings. The monoisotopic (exact) mass is 341 g/mol. The predicted octanol–water partition coefficient (Wildman–Crippen LogP) is 4.31. The molecule has 2 rings (SSSR count). The second-order valence-electron chi connectivity index (χ2n) is 5.72. The Bertz CT molecular complexity index is 579. The van der Waals surface area contributed by atoms with Crippen LogP contribution in [0, 0.1) is 11.7 Å². The predicted molar refractivity (Wildman–Crippen MR) is 86.3 cm³/mol. The van der Waals surface area contributed by atoms with Crippen LogP contribution in [0.15, 0.2) is 18.2 Å². The number of hydrogen-bond donors (Lipinski definition) is 0. The molecule has 0 bridgehead atoms. The number of amides is 1. The number of Topliss-reactive ketones (excluding diaryl/α,β-unsaturated/α-hetero) is 1. The second kappa shape index (κ2) is 8.29. The van der Waals surface area contributed by atoms with Crippen molar-refractivity contribution in [3.63, 3.8) is 0 Å². The van der Waals surface area contributed by atoms with Crippen molar-refractivity contribution in [2.24, 2.45) is 5.92 Å². The molecule has 1 fully saturated rings. The molecular formula is C17H21ClFNO3. The Morgan fingerprint density at radius 2 is 2.22 bits per heavy atom. The minimum absolute atomic E-state index is 0.0105. The fourth-order valence-electron chi connectivity index (χ4n) is 2.67. The molecule has 4 nitrogen and oxygen atoms in total. The van der Waals surface area contributed by atoms with Gasteiger partial charge in [0.2, 0.25) is 0 Å². The average Bonchev–Trinajstić information content (AvgIpc) is 2.57. The fourth-order valence-corrected chi connectivity index (χ4v) is 2.84. The summed E-state index contributed by atoms with van der Waals surface area (Å²) in [6, 6.07) is 4.40. The number of nitrogens with zero attached hydrogens (tertiary/aromatic N) is 1. The second-order valence-corrected chi connectivity index (χ2v) is 6.13. The molecule has 0 radical (unpaired) electrons. The van der Waals surface area contributed by atoms with Crippen molar-refractivity contribution in [3.8, 4) is 0 Å². The summed E-state index contributed by atoms with van der Waals surface area (Å²) in [7, 11) is 0. The molecule has 1 heterocycles. The van der Waals surface area contributed by atoms with Crippen molar-refractivity contribution < 1.29 is 18.7 Å². The highest BCUT2D eigenvalue weighted by Crippen LogP contribution is 2.25. The highest BCUT2D eigenvalue weighted by atomic mass is 35.5. The Balaban J connectivity index is 2.01. The maximum Gasteiger partial charge on any atom is 0.409 e. The van der Waals surface area contributed by atoms with Crippen molar-refractivity contribution >= 4 is 23.5 Å². The molecule has 0 N–H and O–H groups in total. The largest absolute Gasteiger partial charge is 0.449 e. The summed E-state index contributed by atoms with van der Waals surface area (Å²) in [6.07, 6.45) is 2.69. The van der Waals surface area contributed by atoms with Crippen LogP contribution in [0.5, 0.6) is 0 Å². The lowest BCUT2D eigenvalue weighted by molar-refractivity contribution is 0.0707. The first-order chi connectivity index (χ1) is 11.0. The van der Waals surface area contributed by atoms with Crippen LogP contribution in [0.3, 0.4) is 0 Å². The molecule has 1 aromatic carbocycles. The number of carbonyl (C=O) groups excluding carboxylic acids is 2. The summed E-state index contributed by atoms with van der Waals surface area (Å²) in [5.74, 6) is -1.42. The first-order valence-electron chi connectivity index (χ1n) is 7.94. The van der Waals surface area contributed by atoms with Crippen molar-refractivity contribution in [1.29, 1.82) is 0 Å². The molecule has 1 atom stereocenters. The third kappa shape index (κ3) is 4.44. The number of unbranched alkanes of at least 4 members (excludes halogenated alkanes) is 1. The van der Waals surface area contributed by atoms with E-state index in [1.807, 2.05) is 6.92 Å². The minimum atomic E-state index is -0.693. The Morgan fingerprint density at radius 1 is 1.43 bits per heavy atom. The fraction of sp³-hybridized carbons (Fsp3) is 0.529. The van der Waals surface area contributed by atoms with E-state index in [2.05, 4.69) is 0 Å². The van der Waals surface area contributed by atoms with Crippen molar-refractivity contribution in [1.82, 2.24) is 4.90 Å². The van der Waals surface area contributed by atoms with Gasteiger partial charge >= 0.3 is 6.09 Å². The van der Waals surface area contributed by atoms with Crippen LogP contribution in [0.2, 0.25) is 5.02 Å². The molecule has 1 unspecified atom stereocenters. The Hall–Kier alpha value is -1.62. The van der Waals surface area contributed by atoms with Crippen LogP contribution < -0.4 is 0 Å². The zero-order chi connectivity index (χ0) is 16.8. The van der Waals surface area contributed by atoms with Crippen LogP contribution >= 0.6 is 11.6 Å². The number of likely N-dealkylation sites (tertiary alicyclic amines) is 1. The Morgan fingerprint density at radius 3 is 2.96 bits per heavy atom. The topological polar surface area (TPSA) is 46.6 Å². The lowest BCUT2D eigenvalue weighted by atomic mass is 9.90. The molecule has 1 aromatic rings. The molecule has 126 valence electrons. The van der Waals surface area contributed by atoms with Gasteiger partial charge in [0.25, 0.3) is 0 Å². The van der Waals surface area contributed by atoms with Crippen LogP contribution in [0.4, 0.5) is 9.18 Å². The van der Waals surface area contributed by atoms with Crippen LogP contribution in [-0.4, -0.2) is 36.5 Å². The Labute approximate surface area is 140 Å². The van der Waals surface area contributed by atoms with Gasteiger partial charge in [-0.3, -0.25) is 4.79 Å². The van der Waals surface area contributed by atoms with Gasteiger partial charge in [0, 0.05) is 19.0 Å². The summed E-state index contributed by atoms with van der Waals surface area (Å²) in [5.41, 5.74) is -0.0105. The van der Waals surface area contributed by atoms with E-state index in [1.165, 1.54) is 17.0 Å². The van der Waals surface area contributed by atoms with Crippen LogP contribution in [0.1, 0.15) is 43.0 Å². The van der Waals surface area contributed by atoms with Crippen molar-refractivity contribution in [2.75, 3.05) is 19.7 Å². The summed E-state index contributed by atoms with van der Waals surface area (Å²) in [6.45, 7) is 3.22. The molecule has 0 saturated carbocycles. The van der Waals surface area contributed by atoms with Crippen LogP contribution in [0.25, 0.3) is 0 Å². The maximum atomic E-state index is 14.0. The number of hydrogen-bond acceptors (Lipinski definition) is 3. The highest BCUT2D eigenvalue weighted by Gasteiger charge is 2.31. The van der Waals surface area contributed by atoms with E-state index in [-0.39, 0.29) is 22.9 Å². The lowest BCUT2D eigenvalue weighted by Gasteiger charge is -2.31. The average molecular weight is 342 g/mol. The highest BCUT2D eigenvalue weighted by molar-refractivity contribution is 6.31. The number of ketones is 1. The summed E-state index contributed by atoms with van der Waals surface area (Å²) in [5, 5.41) is -0.0671. The SMILES string of the molecule is CCCCOC(=O)N1CCCC(C(=O)c2cccc(Cl)c2F)C1. The van der Waals surface area contributed by atoms with Crippen LogP contribution in [-0.2, 0) is 4.74 Å². The Kier molecular flexibility index (Phi) is 6.39. The third-order valence-electron chi connectivity index (χ3n) is 3.99. The van der Waals surface area contributed by atoms with Crippen molar-refractivity contribution in [3.05, 3.63) is 34.6 Å². The first-order valence-corrected chi connectivity index (χ1v) is 8.32. The van der Waals surface area contributed by atoms with Gasteiger partial charge in [0.15, 0.2) is 11.6 Å². The number of piperidine rings is 1. The van der Waals surface area contributed by atoms with Gasteiger partial charge in [-0.1, -0.05) is 31.0 Å². The van der Waals surface area contributed by atoms with Gasteiger partial charge in [-0.15, -0.1) is 0 Å². The molecular weight excluding hydrogens is 321 g/mol. The van der Waals surface area contributed by atoms with E-state index in [1.54, 1.807) is 6.07 Å². The number of carbonyl (C=O) groups is 2. The molecule has 0 spiro atoms. The molecule has 0 aliphatic carbocycles. The lowest BCUT2D eigenvalue weighted by Crippen LogP contribution is -2.42. The number of ether oxygens (including phenoxy) is 1. The van der Waals surface area contributed by atoms with Gasteiger partial charge in [0.1, 0.15) is 0 Å². The molecule has 23 heavy (non-hydrogen) atoms. The minimum Gasteiger partial charge on any atom is -0.449 e. The normalized spacial score (nSPS) is 17.9. The van der Waals surface area contributed by atoms with E-state index in [0.717, 1.165) is 12.8 Å². The van der Waals surface area contributed by atoms with E-state index >= 15 is 0 Å². The van der Waals surface area contributed by atoms with Gasteiger partial charge in [-0.2, -0.15) is 0 Å². The van der Waals surface area contributed by atoms with Gasteiger partial charge in [-0.05, 0) is 31.4 Å². The van der Waals surface area contributed by atoms with E-state index in [9.17, 15) is 14.0 Å². The zero-order valence-corrected chi connectivity index (χ0v) is 13.9. The number of rotatable bonds is 5. The molecule has 0 aromatic heterocycles.